The number of guanidine groups is 1. The third-order valence-corrected chi connectivity index (χ3v) is 2.72. The third kappa shape index (κ3) is 8.53. The molecule has 116 valence electrons. The van der Waals surface area contributed by atoms with Gasteiger partial charge >= 0.3 is 0 Å². The summed E-state index contributed by atoms with van der Waals surface area (Å²) in [6, 6.07) is 0. The summed E-state index contributed by atoms with van der Waals surface area (Å²) < 4.78 is 5.01. The molecule has 6 heteroatoms. The number of nitrogens with one attached hydrogen (secondary N) is 1. The molecule has 0 aromatic carbocycles. The minimum atomic E-state index is -0.0180. The van der Waals surface area contributed by atoms with Crippen molar-refractivity contribution in [3.8, 4) is 0 Å². The number of carbonyl (C=O) groups excluding carboxylic acids is 1. The van der Waals surface area contributed by atoms with Crippen molar-refractivity contribution in [1.82, 2.24) is 15.1 Å². The van der Waals surface area contributed by atoms with Crippen LogP contribution in [0.25, 0.3) is 0 Å². The maximum atomic E-state index is 11.6. The Morgan fingerprint density at radius 2 is 2.10 bits per heavy atom. The number of hydrogen-bond donors (Lipinski definition) is 1. The van der Waals surface area contributed by atoms with E-state index in [1.54, 1.807) is 21.2 Å². The van der Waals surface area contributed by atoms with Gasteiger partial charge in [0.1, 0.15) is 6.54 Å². The predicted octanol–water partition coefficient (Wildman–Crippen LogP) is 0.565. The molecule has 0 atom stereocenters. The molecule has 0 fully saturated rings. The molecule has 0 saturated heterocycles. The van der Waals surface area contributed by atoms with Gasteiger partial charge in [0.25, 0.3) is 0 Å². The highest BCUT2D eigenvalue weighted by Crippen LogP contribution is 1.95. The number of nitrogens with zero attached hydrogens (tertiary/aromatic N) is 3. The van der Waals surface area contributed by atoms with Crippen molar-refractivity contribution >= 4 is 11.9 Å². The van der Waals surface area contributed by atoms with Crippen LogP contribution < -0.4 is 5.32 Å². The van der Waals surface area contributed by atoms with Crippen molar-refractivity contribution in [1.29, 1.82) is 0 Å². The zero-order valence-electron chi connectivity index (χ0n) is 13.2. The first kappa shape index (κ1) is 18.4. The second-order valence-electron chi connectivity index (χ2n) is 4.70. The minimum Gasteiger partial charge on any atom is -0.383 e. The summed E-state index contributed by atoms with van der Waals surface area (Å²) in [5.74, 6) is 0.705. The van der Waals surface area contributed by atoms with E-state index in [9.17, 15) is 4.79 Å². The molecule has 0 heterocycles. The molecule has 0 saturated carbocycles. The van der Waals surface area contributed by atoms with Crippen molar-refractivity contribution < 1.29 is 9.53 Å². The van der Waals surface area contributed by atoms with Gasteiger partial charge < -0.3 is 19.9 Å². The number of amides is 1. The Balaban J connectivity index is 4.48. The average molecular weight is 284 g/mol. The Kier molecular flexibility index (Phi) is 10.4. The van der Waals surface area contributed by atoms with Crippen LogP contribution >= 0.6 is 0 Å². The fourth-order valence-corrected chi connectivity index (χ4v) is 1.44. The van der Waals surface area contributed by atoms with Crippen LogP contribution in [0.5, 0.6) is 0 Å². The van der Waals surface area contributed by atoms with E-state index < -0.39 is 0 Å². The largest absolute Gasteiger partial charge is 0.383 e. The molecule has 20 heavy (non-hydrogen) atoms. The average Bonchev–Trinajstić information content (AvgIpc) is 2.42. The standard InChI is InChI=1S/C14H28N4O2/c1-6-7-8-10-18(4)14(15-9-11-20-5)16-12-13(19)17(2)3/h6H,1,7-12H2,2-5H3,(H,15,16). The van der Waals surface area contributed by atoms with Gasteiger partial charge in [0.05, 0.1) is 6.61 Å². The van der Waals surface area contributed by atoms with Crippen LogP contribution in [0.2, 0.25) is 0 Å². The SMILES string of the molecule is C=CCCCN(C)C(=NCC(=O)N(C)C)NCCOC. The molecule has 0 radical (unpaired) electrons. The molecule has 0 spiro atoms. The highest BCUT2D eigenvalue weighted by atomic mass is 16.5. The van der Waals surface area contributed by atoms with Crippen LogP contribution in [-0.4, -0.2) is 76.2 Å². The van der Waals surface area contributed by atoms with Gasteiger partial charge in [0, 0.05) is 41.3 Å². The summed E-state index contributed by atoms with van der Waals surface area (Å²) in [5.41, 5.74) is 0. The van der Waals surface area contributed by atoms with E-state index in [-0.39, 0.29) is 12.5 Å². The summed E-state index contributed by atoms with van der Waals surface area (Å²) in [4.78, 5) is 19.5. The minimum absolute atomic E-state index is 0.0180. The maximum Gasteiger partial charge on any atom is 0.243 e. The first-order chi connectivity index (χ1) is 9.52. The zero-order valence-corrected chi connectivity index (χ0v) is 13.2. The Labute approximate surface area is 122 Å². The number of allylic oxidation sites excluding steroid dienone is 1. The molecule has 0 aliphatic rings. The van der Waals surface area contributed by atoms with E-state index in [1.807, 2.05) is 18.0 Å². The van der Waals surface area contributed by atoms with Crippen LogP contribution in [0.4, 0.5) is 0 Å². The monoisotopic (exact) mass is 284 g/mol. The van der Waals surface area contributed by atoms with Crippen LogP contribution in [0.15, 0.2) is 17.6 Å². The Hall–Kier alpha value is -1.56. The van der Waals surface area contributed by atoms with Crippen molar-refractivity contribution in [3.63, 3.8) is 0 Å². The highest BCUT2D eigenvalue weighted by molar-refractivity contribution is 5.84. The van der Waals surface area contributed by atoms with Crippen LogP contribution in [-0.2, 0) is 9.53 Å². The molecular formula is C14H28N4O2. The quantitative estimate of drug-likeness (QED) is 0.291. The number of likely N-dealkylation sites (N-methyl/N-ethyl adjacent to an activating group) is 1. The molecule has 0 bridgehead atoms. The first-order valence-electron chi connectivity index (χ1n) is 6.82. The summed E-state index contributed by atoms with van der Waals surface area (Å²) in [6.45, 7) is 5.98. The molecule has 0 unspecified atom stereocenters. The topological polar surface area (TPSA) is 57.2 Å². The van der Waals surface area contributed by atoms with Gasteiger partial charge in [-0.2, -0.15) is 0 Å². The fraction of sp³-hybridized carbons (Fsp3) is 0.714. The molecule has 6 nitrogen and oxygen atoms in total. The molecule has 0 aliphatic carbocycles. The maximum absolute atomic E-state index is 11.6. The second kappa shape index (κ2) is 11.3. The fourth-order valence-electron chi connectivity index (χ4n) is 1.44. The molecular weight excluding hydrogens is 256 g/mol. The normalized spacial score (nSPS) is 11.1. The van der Waals surface area contributed by atoms with Gasteiger partial charge in [-0.05, 0) is 12.8 Å². The van der Waals surface area contributed by atoms with Crippen molar-refractivity contribution in [2.24, 2.45) is 4.99 Å². The van der Waals surface area contributed by atoms with Gasteiger partial charge in [-0.3, -0.25) is 4.79 Å². The lowest BCUT2D eigenvalue weighted by molar-refractivity contribution is -0.127. The number of methoxy groups -OCH3 is 1. The van der Waals surface area contributed by atoms with Gasteiger partial charge in [-0.1, -0.05) is 6.08 Å². The van der Waals surface area contributed by atoms with E-state index in [2.05, 4.69) is 16.9 Å². The summed E-state index contributed by atoms with van der Waals surface area (Å²) in [6.07, 6.45) is 3.87. The predicted molar refractivity (Wildman–Crippen MR) is 82.9 cm³/mol. The highest BCUT2D eigenvalue weighted by Gasteiger charge is 2.08. The van der Waals surface area contributed by atoms with Gasteiger partial charge in [0.2, 0.25) is 5.91 Å². The molecule has 0 aromatic heterocycles. The molecule has 1 amide bonds. The lowest BCUT2D eigenvalue weighted by Gasteiger charge is -2.22. The Morgan fingerprint density at radius 1 is 1.40 bits per heavy atom. The smallest absolute Gasteiger partial charge is 0.243 e. The second-order valence-corrected chi connectivity index (χ2v) is 4.70. The zero-order chi connectivity index (χ0) is 15.4. The molecule has 0 rings (SSSR count). The Bertz CT molecular complexity index is 316. The summed E-state index contributed by atoms with van der Waals surface area (Å²) in [5, 5.41) is 3.20. The molecule has 0 aliphatic heterocycles. The van der Waals surface area contributed by atoms with Gasteiger partial charge in [-0.15, -0.1) is 6.58 Å². The van der Waals surface area contributed by atoms with E-state index in [4.69, 9.17) is 4.74 Å². The lowest BCUT2D eigenvalue weighted by atomic mass is 10.3. The molecule has 1 N–H and O–H groups in total. The van der Waals surface area contributed by atoms with Crippen molar-refractivity contribution in [2.75, 3.05) is 54.5 Å². The molecule has 0 aromatic rings. The van der Waals surface area contributed by atoms with Gasteiger partial charge in [0.15, 0.2) is 5.96 Å². The number of unbranched alkanes of at least 4 members (excludes halogenated alkanes) is 1. The van der Waals surface area contributed by atoms with Crippen LogP contribution in [0.1, 0.15) is 12.8 Å². The van der Waals surface area contributed by atoms with Gasteiger partial charge in [-0.25, -0.2) is 4.99 Å². The van der Waals surface area contributed by atoms with E-state index in [1.165, 1.54) is 4.90 Å². The number of aliphatic imine (C=N–C) groups is 1. The van der Waals surface area contributed by atoms with E-state index in [0.717, 1.165) is 25.3 Å². The summed E-state index contributed by atoms with van der Waals surface area (Å²) >= 11 is 0. The number of ether oxygens (including phenoxy) is 1. The number of hydrogen-bond acceptors (Lipinski definition) is 3. The summed E-state index contributed by atoms with van der Waals surface area (Å²) in [7, 11) is 7.07. The third-order valence-electron chi connectivity index (χ3n) is 2.72. The van der Waals surface area contributed by atoms with Crippen LogP contribution in [0, 0.1) is 0 Å². The van der Waals surface area contributed by atoms with E-state index in [0.29, 0.717) is 13.2 Å². The van der Waals surface area contributed by atoms with Crippen molar-refractivity contribution in [2.45, 2.75) is 12.8 Å². The Morgan fingerprint density at radius 3 is 2.65 bits per heavy atom. The number of rotatable bonds is 9. The van der Waals surface area contributed by atoms with Crippen molar-refractivity contribution in [3.05, 3.63) is 12.7 Å². The first-order valence-corrected chi connectivity index (χ1v) is 6.82. The lowest BCUT2D eigenvalue weighted by Crippen LogP contribution is -2.41. The van der Waals surface area contributed by atoms with E-state index >= 15 is 0 Å². The number of carbonyl (C=O) groups is 1. The van der Waals surface area contributed by atoms with Crippen LogP contribution in [0.3, 0.4) is 0 Å².